The fourth-order valence-electron chi connectivity index (χ4n) is 3.48. The number of nitrogens with one attached hydrogen (secondary N) is 2. The molecule has 0 radical (unpaired) electrons. The van der Waals surface area contributed by atoms with Crippen LogP contribution in [-0.4, -0.2) is 43.5 Å². The standard InChI is InChI=1S/C22H35N7O3/c1-21(2,3)19(30)23-9-7-15-12-29(28-26-15)10-8-14-11-16(14)17(18-24-13-32-27-18)25-20(31)22(4,5)6/h12-14,16-17H,7-11H2,1-6H3,(H,23,30)(H,25,31). The quantitative estimate of drug-likeness (QED) is 0.606. The summed E-state index contributed by atoms with van der Waals surface area (Å²) in [4.78, 5) is 28.6. The highest BCUT2D eigenvalue weighted by molar-refractivity contribution is 5.82. The molecule has 10 heteroatoms. The molecule has 0 bridgehead atoms. The first-order chi connectivity index (χ1) is 14.9. The van der Waals surface area contributed by atoms with Gasteiger partial charge in [0.2, 0.25) is 18.2 Å². The lowest BCUT2D eigenvalue weighted by atomic mass is 9.94. The summed E-state index contributed by atoms with van der Waals surface area (Å²) in [6.07, 6.45) is 5.78. The van der Waals surface area contributed by atoms with Gasteiger partial charge in [-0.25, -0.2) is 0 Å². The van der Waals surface area contributed by atoms with Crippen LogP contribution in [0.4, 0.5) is 0 Å². The van der Waals surface area contributed by atoms with Crippen LogP contribution in [0.2, 0.25) is 0 Å². The molecule has 3 unspecified atom stereocenters. The third-order valence-corrected chi connectivity index (χ3v) is 5.69. The molecule has 176 valence electrons. The van der Waals surface area contributed by atoms with E-state index in [2.05, 4.69) is 31.1 Å². The second kappa shape index (κ2) is 9.38. The van der Waals surface area contributed by atoms with Crippen LogP contribution < -0.4 is 10.6 Å². The van der Waals surface area contributed by atoms with Crippen molar-refractivity contribution in [3.05, 3.63) is 24.1 Å². The van der Waals surface area contributed by atoms with Gasteiger partial charge in [0.25, 0.3) is 0 Å². The summed E-state index contributed by atoms with van der Waals surface area (Å²) in [5, 5.41) is 18.4. The highest BCUT2D eigenvalue weighted by atomic mass is 16.5. The zero-order valence-corrected chi connectivity index (χ0v) is 19.9. The summed E-state index contributed by atoms with van der Waals surface area (Å²) >= 11 is 0. The van der Waals surface area contributed by atoms with Crippen molar-refractivity contribution >= 4 is 11.8 Å². The first-order valence-electron chi connectivity index (χ1n) is 11.2. The van der Waals surface area contributed by atoms with Gasteiger partial charge in [-0.15, -0.1) is 5.10 Å². The van der Waals surface area contributed by atoms with Crippen LogP contribution in [-0.2, 0) is 22.6 Å². The lowest BCUT2D eigenvalue weighted by Gasteiger charge is -2.22. The van der Waals surface area contributed by atoms with Gasteiger partial charge in [0.15, 0.2) is 5.82 Å². The van der Waals surface area contributed by atoms with Gasteiger partial charge in [0, 0.05) is 36.5 Å². The van der Waals surface area contributed by atoms with Crippen molar-refractivity contribution < 1.29 is 14.1 Å². The molecule has 2 aromatic rings. The van der Waals surface area contributed by atoms with Crippen LogP contribution in [0.3, 0.4) is 0 Å². The number of rotatable bonds is 9. The Morgan fingerprint density at radius 1 is 1.19 bits per heavy atom. The lowest BCUT2D eigenvalue weighted by molar-refractivity contribution is -0.129. The van der Waals surface area contributed by atoms with Crippen molar-refractivity contribution in [3.8, 4) is 0 Å². The Balaban J connectivity index is 1.48. The van der Waals surface area contributed by atoms with E-state index in [0.29, 0.717) is 24.7 Å². The lowest BCUT2D eigenvalue weighted by Crippen LogP contribution is -2.39. The topological polar surface area (TPSA) is 128 Å². The Hall–Kier alpha value is -2.78. The highest BCUT2D eigenvalue weighted by Gasteiger charge is 2.46. The molecule has 0 saturated heterocycles. The van der Waals surface area contributed by atoms with Crippen LogP contribution in [0.25, 0.3) is 0 Å². The number of hydrogen-bond acceptors (Lipinski definition) is 7. The molecule has 1 fully saturated rings. The molecule has 10 nitrogen and oxygen atoms in total. The van der Waals surface area contributed by atoms with E-state index in [1.165, 1.54) is 6.39 Å². The largest absolute Gasteiger partial charge is 0.355 e. The van der Waals surface area contributed by atoms with E-state index >= 15 is 0 Å². The van der Waals surface area contributed by atoms with Gasteiger partial charge in [-0.05, 0) is 24.7 Å². The van der Waals surface area contributed by atoms with Crippen molar-refractivity contribution in [3.63, 3.8) is 0 Å². The molecule has 2 aromatic heterocycles. The second-order valence-electron chi connectivity index (χ2n) is 10.7. The minimum absolute atomic E-state index is 0.0272. The first-order valence-corrected chi connectivity index (χ1v) is 11.2. The van der Waals surface area contributed by atoms with Crippen LogP contribution in [0.15, 0.2) is 17.1 Å². The summed E-state index contributed by atoms with van der Waals surface area (Å²) in [6, 6.07) is -0.247. The molecular formula is C22H35N7O3. The predicted octanol–water partition coefficient (Wildman–Crippen LogP) is 2.30. The summed E-state index contributed by atoms with van der Waals surface area (Å²) in [5.41, 5.74) is -0.0337. The van der Waals surface area contributed by atoms with E-state index in [-0.39, 0.29) is 23.8 Å². The molecule has 2 N–H and O–H groups in total. The van der Waals surface area contributed by atoms with Crippen LogP contribution in [0.1, 0.15) is 71.9 Å². The molecule has 3 rings (SSSR count). The van der Waals surface area contributed by atoms with Crippen LogP contribution in [0.5, 0.6) is 0 Å². The second-order valence-corrected chi connectivity index (χ2v) is 10.7. The number of carbonyl (C=O) groups excluding carboxylic acids is 2. The maximum Gasteiger partial charge on any atom is 0.225 e. The molecular weight excluding hydrogens is 410 g/mol. The molecule has 1 aliphatic carbocycles. The maximum absolute atomic E-state index is 12.5. The molecule has 2 amide bonds. The number of nitrogens with zero attached hydrogens (tertiary/aromatic N) is 5. The maximum atomic E-state index is 12.5. The molecule has 3 atom stereocenters. The zero-order chi connectivity index (χ0) is 23.5. The Bertz CT molecular complexity index is 909. The van der Waals surface area contributed by atoms with Crippen molar-refractivity contribution in [2.45, 2.75) is 73.4 Å². The van der Waals surface area contributed by atoms with Gasteiger partial charge in [-0.1, -0.05) is 51.9 Å². The number of carbonyl (C=O) groups is 2. The minimum atomic E-state index is -0.490. The molecule has 1 aliphatic rings. The average Bonchev–Trinajstić information content (AvgIpc) is 3.06. The van der Waals surface area contributed by atoms with Crippen molar-refractivity contribution in [1.29, 1.82) is 0 Å². The smallest absolute Gasteiger partial charge is 0.225 e. The van der Waals surface area contributed by atoms with Crippen molar-refractivity contribution in [1.82, 2.24) is 35.8 Å². The van der Waals surface area contributed by atoms with E-state index in [1.54, 1.807) is 0 Å². The Kier molecular flexibility index (Phi) is 7.00. The fourth-order valence-corrected chi connectivity index (χ4v) is 3.48. The molecule has 0 aliphatic heterocycles. The van der Waals surface area contributed by atoms with E-state index in [0.717, 1.165) is 25.1 Å². The summed E-state index contributed by atoms with van der Waals surface area (Å²) in [7, 11) is 0. The molecule has 0 spiro atoms. The van der Waals surface area contributed by atoms with Crippen molar-refractivity contribution in [2.75, 3.05) is 6.54 Å². The number of aromatic nitrogens is 5. The van der Waals surface area contributed by atoms with Crippen LogP contribution >= 0.6 is 0 Å². The van der Waals surface area contributed by atoms with Gasteiger partial charge in [0.05, 0.1) is 11.7 Å². The predicted molar refractivity (Wildman–Crippen MR) is 117 cm³/mol. The van der Waals surface area contributed by atoms with E-state index in [4.69, 9.17) is 4.52 Å². The Morgan fingerprint density at radius 3 is 2.53 bits per heavy atom. The van der Waals surface area contributed by atoms with Crippen LogP contribution in [0, 0.1) is 22.7 Å². The third-order valence-electron chi connectivity index (χ3n) is 5.69. The fraction of sp³-hybridized carbons (Fsp3) is 0.727. The van der Waals surface area contributed by atoms with Crippen molar-refractivity contribution in [2.24, 2.45) is 22.7 Å². The van der Waals surface area contributed by atoms with E-state index < -0.39 is 10.8 Å². The van der Waals surface area contributed by atoms with E-state index in [1.807, 2.05) is 52.4 Å². The van der Waals surface area contributed by atoms with Gasteiger partial charge in [0.1, 0.15) is 0 Å². The van der Waals surface area contributed by atoms with E-state index in [9.17, 15) is 9.59 Å². The number of aryl methyl sites for hydroxylation is 1. The summed E-state index contributed by atoms with van der Waals surface area (Å²) in [6.45, 7) is 12.6. The number of hydrogen-bond donors (Lipinski definition) is 2. The zero-order valence-electron chi connectivity index (χ0n) is 19.9. The molecule has 1 saturated carbocycles. The van der Waals surface area contributed by atoms with Gasteiger partial charge < -0.3 is 15.2 Å². The third kappa shape index (κ3) is 6.37. The average molecular weight is 446 g/mol. The highest BCUT2D eigenvalue weighted by Crippen LogP contribution is 2.49. The van der Waals surface area contributed by atoms with Gasteiger partial charge >= 0.3 is 0 Å². The molecule has 0 aromatic carbocycles. The first kappa shape index (κ1) is 23.9. The molecule has 32 heavy (non-hydrogen) atoms. The normalized spacial score (nSPS) is 19.4. The SMILES string of the molecule is CC(C)(C)C(=O)NCCc1cn(CCC2CC2C(NC(=O)C(C)(C)C)c2ncon2)nn1. The number of amides is 2. The summed E-state index contributed by atoms with van der Waals surface area (Å²) < 4.78 is 6.75. The minimum Gasteiger partial charge on any atom is -0.355 e. The van der Waals surface area contributed by atoms with Gasteiger partial charge in [-0.2, -0.15) is 4.98 Å². The Labute approximate surface area is 188 Å². The molecule has 2 heterocycles. The monoisotopic (exact) mass is 445 g/mol. The summed E-state index contributed by atoms with van der Waals surface area (Å²) in [5.74, 6) is 1.24. The van der Waals surface area contributed by atoms with Gasteiger partial charge in [-0.3, -0.25) is 14.3 Å². The Morgan fingerprint density at radius 2 is 1.91 bits per heavy atom.